The Bertz CT molecular complexity index is 779. The number of benzene rings is 1. The first kappa shape index (κ1) is 15.4. The van der Waals surface area contributed by atoms with E-state index in [2.05, 4.69) is 6.58 Å². The number of rotatable bonds is 4. The van der Waals surface area contributed by atoms with Crippen LogP contribution in [0.2, 0.25) is 0 Å². The van der Waals surface area contributed by atoms with Crippen molar-refractivity contribution in [1.82, 2.24) is 4.90 Å². The van der Waals surface area contributed by atoms with Gasteiger partial charge in [0.1, 0.15) is 0 Å². The van der Waals surface area contributed by atoms with E-state index >= 15 is 0 Å². The zero-order chi connectivity index (χ0) is 17.3. The molecule has 124 valence electrons. The molecule has 3 aliphatic rings. The van der Waals surface area contributed by atoms with Crippen LogP contribution in [-0.4, -0.2) is 41.6 Å². The van der Waals surface area contributed by atoms with Crippen molar-refractivity contribution < 1.29 is 18.9 Å². The van der Waals surface area contributed by atoms with Crippen molar-refractivity contribution in [3.8, 4) is 0 Å². The fourth-order valence-corrected chi connectivity index (χ4v) is 3.63. The minimum atomic E-state index is -0.595. The van der Waals surface area contributed by atoms with Gasteiger partial charge in [-0.3, -0.25) is 9.59 Å². The van der Waals surface area contributed by atoms with E-state index in [4.69, 9.17) is 15.0 Å². The molecule has 2 N–H and O–H groups in total. The van der Waals surface area contributed by atoms with Gasteiger partial charge in [-0.1, -0.05) is 18.7 Å². The maximum absolute atomic E-state index is 12.6. The van der Waals surface area contributed by atoms with E-state index in [1.165, 1.54) is 0 Å². The van der Waals surface area contributed by atoms with Crippen LogP contribution in [0, 0.1) is 0 Å². The Morgan fingerprint density at radius 1 is 1.38 bits per heavy atom. The lowest BCUT2D eigenvalue weighted by molar-refractivity contribution is -0.114. The molecule has 2 unspecified atom stereocenters. The lowest BCUT2D eigenvalue weighted by Gasteiger charge is -2.16. The maximum Gasteiger partial charge on any atom is 0.495 e. The summed E-state index contributed by atoms with van der Waals surface area (Å²) in [6, 6.07) is 5.55. The molecular weight excluding hydrogens is 307 g/mol. The van der Waals surface area contributed by atoms with Crippen LogP contribution in [0.3, 0.4) is 0 Å². The number of primary amides is 1. The summed E-state index contributed by atoms with van der Waals surface area (Å²) in [4.78, 5) is 25.3. The smallest absolute Gasteiger partial charge is 0.399 e. The van der Waals surface area contributed by atoms with E-state index in [0.29, 0.717) is 12.1 Å². The summed E-state index contributed by atoms with van der Waals surface area (Å²) >= 11 is 0. The van der Waals surface area contributed by atoms with E-state index < -0.39 is 13.0 Å². The minimum absolute atomic E-state index is 0.129. The van der Waals surface area contributed by atoms with Crippen molar-refractivity contribution in [2.45, 2.75) is 38.0 Å². The summed E-state index contributed by atoms with van der Waals surface area (Å²) in [6.07, 6.45) is 0.884. The summed E-state index contributed by atoms with van der Waals surface area (Å²) < 4.78 is 12.2. The first-order valence-electron chi connectivity index (χ1n) is 7.98. The number of carbonyl (C=O) groups excluding carboxylic acids is 2. The van der Waals surface area contributed by atoms with Crippen LogP contribution < -0.4 is 11.2 Å². The Labute approximate surface area is 140 Å². The molecule has 1 aromatic rings. The van der Waals surface area contributed by atoms with Gasteiger partial charge in [0.05, 0.1) is 17.7 Å². The van der Waals surface area contributed by atoms with Crippen LogP contribution in [0.4, 0.5) is 0 Å². The predicted octanol–water partition coefficient (Wildman–Crippen LogP) is 0.347. The van der Waals surface area contributed by atoms with E-state index in [1.54, 1.807) is 11.0 Å². The highest BCUT2D eigenvalue weighted by Gasteiger charge is 2.71. The lowest BCUT2D eigenvalue weighted by Crippen LogP contribution is -2.38. The second-order valence-corrected chi connectivity index (χ2v) is 7.21. The molecule has 2 aliphatic heterocycles. The van der Waals surface area contributed by atoms with E-state index in [9.17, 15) is 9.59 Å². The third-order valence-corrected chi connectivity index (χ3v) is 5.47. The molecule has 1 saturated carbocycles. The number of hydrogen-bond acceptors (Lipinski definition) is 4. The van der Waals surface area contributed by atoms with E-state index in [-0.39, 0.29) is 29.2 Å². The van der Waals surface area contributed by atoms with Gasteiger partial charge in [0, 0.05) is 24.1 Å². The summed E-state index contributed by atoms with van der Waals surface area (Å²) in [5.74, 6) is -0.725. The van der Waals surface area contributed by atoms with E-state index in [1.807, 2.05) is 26.0 Å². The van der Waals surface area contributed by atoms with Gasteiger partial charge in [0.2, 0.25) is 5.91 Å². The van der Waals surface area contributed by atoms with E-state index in [0.717, 1.165) is 17.4 Å². The molecule has 1 aromatic carbocycles. The molecule has 2 heterocycles. The van der Waals surface area contributed by atoms with Gasteiger partial charge >= 0.3 is 7.12 Å². The average molecular weight is 326 g/mol. The molecule has 2 fully saturated rings. The second kappa shape index (κ2) is 4.71. The molecule has 1 saturated heterocycles. The Kier molecular flexibility index (Phi) is 3.02. The van der Waals surface area contributed by atoms with Gasteiger partial charge in [-0.15, -0.1) is 0 Å². The largest absolute Gasteiger partial charge is 0.495 e. The fraction of sp³-hybridized carbons (Fsp3) is 0.412. The number of hydrogen-bond donors (Lipinski definition) is 1. The van der Waals surface area contributed by atoms with Crippen molar-refractivity contribution in [3.63, 3.8) is 0 Å². The van der Waals surface area contributed by atoms with Crippen LogP contribution >= 0.6 is 0 Å². The number of amides is 2. The summed E-state index contributed by atoms with van der Waals surface area (Å²) in [5.41, 5.74) is 7.33. The Morgan fingerprint density at radius 3 is 2.67 bits per heavy atom. The van der Waals surface area contributed by atoms with Crippen LogP contribution in [0.5, 0.6) is 0 Å². The van der Waals surface area contributed by atoms with Crippen LogP contribution in [0.1, 0.15) is 36.2 Å². The van der Waals surface area contributed by atoms with Crippen molar-refractivity contribution in [3.05, 3.63) is 41.5 Å². The van der Waals surface area contributed by atoms with Crippen molar-refractivity contribution in [2.75, 3.05) is 6.54 Å². The number of carbonyl (C=O) groups is 2. The Hall–Kier alpha value is -2.12. The standard InChI is InChI=1S/C17H19BN2O4/c1-10(14(19)21)7-20-8-12-11(15(20)22)5-4-6-13(12)18-23-16(2)9-17(16,3)24-18/h4-6H,1,7-9H2,2-3H3,(H2,19,21). The minimum Gasteiger partial charge on any atom is -0.399 e. The maximum atomic E-state index is 12.6. The van der Waals surface area contributed by atoms with Gasteiger partial charge in [0.15, 0.2) is 0 Å². The molecule has 2 atom stereocenters. The molecular formula is C17H19BN2O4. The first-order valence-corrected chi connectivity index (χ1v) is 7.98. The average Bonchev–Trinajstić information content (AvgIpc) is 2.76. The Morgan fingerprint density at radius 2 is 2.04 bits per heavy atom. The number of fused-ring (bicyclic) bond motifs is 2. The second-order valence-electron chi connectivity index (χ2n) is 7.21. The molecule has 0 radical (unpaired) electrons. The molecule has 4 rings (SSSR count). The zero-order valence-electron chi connectivity index (χ0n) is 13.8. The highest BCUT2D eigenvalue weighted by molar-refractivity contribution is 6.63. The number of nitrogens with zero attached hydrogens (tertiary/aromatic N) is 1. The normalized spacial score (nSPS) is 30.3. The Balaban J connectivity index is 1.61. The topological polar surface area (TPSA) is 81.9 Å². The molecule has 2 amide bonds. The monoisotopic (exact) mass is 326 g/mol. The van der Waals surface area contributed by atoms with Gasteiger partial charge in [-0.2, -0.15) is 0 Å². The summed E-state index contributed by atoms with van der Waals surface area (Å²) in [5, 5.41) is 0. The molecule has 6 nitrogen and oxygen atoms in total. The molecule has 0 aromatic heterocycles. The van der Waals surface area contributed by atoms with Crippen LogP contribution in [0.15, 0.2) is 30.4 Å². The molecule has 0 bridgehead atoms. The first-order chi connectivity index (χ1) is 11.2. The van der Waals surface area contributed by atoms with Crippen molar-refractivity contribution in [1.29, 1.82) is 0 Å². The quantitative estimate of drug-likeness (QED) is 0.639. The van der Waals surface area contributed by atoms with Gasteiger partial charge in [0.25, 0.3) is 5.91 Å². The van der Waals surface area contributed by atoms with Gasteiger partial charge in [-0.05, 0) is 30.9 Å². The van der Waals surface area contributed by atoms with Crippen LogP contribution in [0.25, 0.3) is 0 Å². The third kappa shape index (κ3) is 2.05. The van der Waals surface area contributed by atoms with Crippen molar-refractivity contribution >= 4 is 24.4 Å². The molecule has 0 spiro atoms. The molecule has 1 aliphatic carbocycles. The van der Waals surface area contributed by atoms with Gasteiger partial charge < -0.3 is 19.9 Å². The lowest BCUT2D eigenvalue weighted by atomic mass is 9.75. The van der Waals surface area contributed by atoms with Crippen LogP contribution in [-0.2, 0) is 20.6 Å². The summed E-state index contributed by atoms with van der Waals surface area (Å²) in [7, 11) is -0.462. The fourth-order valence-electron chi connectivity index (χ4n) is 3.63. The highest BCUT2D eigenvalue weighted by atomic mass is 16.7. The molecule has 7 heteroatoms. The third-order valence-electron chi connectivity index (χ3n) is 5.47. The zero-order valence-corrected chi connectivity index (χ0v) is 13.8. The number of nitrogens with two attached hydrogens (primary N) is 1. The molecule has 24 heavy (non-hydrogen) atoms. The summed E-state index contributed by atoms with van der Waals surface area (Å²) in [6.45, 7) is 8.25. The highest BCUT2D eigenvalue weighted by Crippen LogP contribution is 2.58. The van der Waals surface area contributed by atoms with Crippen molar-refractivity contribution in [2.24, 2.45) is 5.73 Å². The SMILES string of the molecule is C=C(CN1Cc2c(B3OC4(C)CC4(C)O3)cccc2C1=O)C(N)=O. The van der Waals surface area contributed by atoms with Gasteiger partial charge in [-0.25, -0.2) is 0 Å². The predicted molar refractivity (Wildman–Crippen MR) is 88.5 cm³/mol.